The van der Waals surface area contributed by atoms with Gasteiger partial charge in [-0.05, 0) is 37.3 Å². The summed E-state index contributed by atoms with van der Waals surface area (Å²) >= 11 is 0. The summed E-state index contributed by atoms with van der Waals surface area (Å²) in [5.74, 6) is 1.33. The van der Waals surface area contributed by atoms with E-state index in [-0.39, 0.29) is 0 Å². The van der Waals surface area contributed by atoms with Gasteiger partial charge in [0.05, 0.1) is 0 Å². The fourth-order valence-electron chi connectivity index (χ4n) is 3.22. The van der Waals surface area contributed by atoms with Crippen LogP contribution in [-0.4, -0.2) is 15.0 Å². The molecule has 0 bridgehead atoms. The second-order valence-corrected chi connectivity index (χ2v) is 6.31. The van der Waals surface area contributed by atoms with Crippen LogP contribution < -0.4 is 0 Å². The first-order valence-corrected chi connectivity index (χ1v) is 8.46. The van der Waals surface area contributed by atoms with E-state index in [1.54, 1.807) is 6.33 Å². The molecule has 5 aromatic rings. The Hall–Kier alpha value is -3.53. The minimum atomic E-state index is 0.656. The number of aryl methyl sites for hydroxylation is 1. The number of furan rings is 1. The molecule has 0 saturated carbocycles. The van der Waals surface area contributed by atoms with Crippen LogP contribution in [-0.2, 0) is 0 Å². The molecule has 2 aromatic heterocycles. The second-order valence-electron chi connectivity index (χ2n) is 6.31. The van der Waals surface area contributed by atoms with Gasteiger partial charge in [0.2, 0.25) is 0 Å². The predicted molar refractivity (Wildman–Crippen MR) is 103 cm³/mol. The van der Waals surface area contributed by atoms with E-state index < -0.39 is 0 Å². The molecule has 0 radical (unpaired) electrons. The van der Waals surface area contributed by atoms with E-state index in [0.29, 0.717) is 11.6 Å². The number of aromatic nitrogens is 3. The van der Waals surface area contributed by atoms with Gasteiger partial charge in [-0.15, -0.1) is 0 Å². The fourth-order valence-corrected chi connectivity index (χ4v) is 3.22. The highest BCUT2D eigenvalue weighted by molar-refractivity contribution is 6.06. The third-order valence-electron chi connectivity index (χ3n) is 4.48. The van der Waals surface area contributed by atoms with Crippen molar-refractivity contribution in [1.82, 2.24) is 15.0 Å². The van der Waals surface area contributed by atoms with Crippen molar-refractivity contribution >= 4 is 21.9 Å². The first-order valence-electron chi connectivity index (χ1n) is 8.46. The van der Waals surface area contributed by atoms with Gasteiger partial charge in [0, 0.05) is 21.9 Å². The molecule has 0 aliphatic carbocycles. The number of fused-ring (bicyclic) bond motifs is 3. The standard InChI is InChI=1S/C22H15N3O/c1-14-5-4-6-15(11-14)21-23-13-24-22(25-21)16-9-10-20-18(12-16)17-7-2-3-8-19(17)26-20/h2-13H,1H3. The topological polar surface area (TPSA) is 51.8 Å². The van der Waals surface area contributed by atoms with E-state index in [1.165, 1.54) is 5.56 Å². The number of nitrogens with zero attached hydrogens (tertiary/aromatic N) is 3. The van der Waals surface area contributed by atoms with E-state index in [9.17, 15) is 0 Å². The van der Waals surface area contributed by atoms with Crippen LogP contribution in [0.15, 0.2) is 77.5 Å². The Labute approximate surface area is 150 Å². The molecular formula is C22H15N3O. The van der Waals surface area contributed by atoms with Crippen molar-refractivity contribution in [3.05, 3.63) is 78.6 Å². The molecular weight excluding hydrogens is 322 g/mol. The van der Waals surface area contributed by atoms with E-state index >= 15 is 0 Å². The highest BCUT2D eigenvalue weighted by Crippen LogP contribution is 2.31. The van der Waals surface area contributed by atoms with Gasteiger partial charge < -0.3 is 4.42 Å². The lowest BCUT2D eigenvalue weighted by Gasteiger charge is -2.04. The Balaban J connectivity index is 1.65. The van der Waals surface area contributed by atoms with Crippen LogP contribution >= 0.6 is 0 Å². The summed E-state index contributed by atoms with van der Waals surface area (Å²) in [5, 5.41) is 2.16. The Morgan fingerprint density at radius 1 is 0.692 bits per heavy atom. The van der Waals surface area contributed by atoms with Crippen LogP contribution in [0.1, 0.15) is 5.56 Å². The molecule has 0 aliphatic heterocycles. The van der Waals surface area contributed by atoms with Gasteiger partial charge in [-0.1, -0.05) is 42.0 Å². The molecule has 0 fully saturated rings. The Morgan fingerprint density at radius 2 is 1.46 bits per heavy atom. The van der Waals surface area contributed by atoms with Gasteiger partial charge in [0.15, 0.2) is 11.6 Å². The minimum absolute atomic E-state index is 0.656. The van der Waals surface area contributed by atoms with Crippen molar-refractivity contribution in [3.63, 3.8) is 0 Å². The molecule has 5 rings (SSSR count). The van der Waals surface area contributed by atoms with Crippen molar-refractivity contribution < 1.29 is 4.42 Å². The highest BCUT2D eigenvalue weighted by atomic mass is 16.3. The molecule has 0 amide bonds. The normalized spacial score (nSPS) is 11.3. The number of rotatable bonds is 2. The third-order valence-corrected chi connectivity index (χ3v) is 4.48. The Kier molecular flexibility index (Phi) is 3.28. The SMILES string of the molecule is Cc1cccc(-c2ncnc(-c3ccc4oc5ccccc5c4c3)n2)c1. The maximum atomic E-state index is 5.90. The number of hydrogen-bond donors (Lipinski definition) is 0. The van der Waals surface area contributed by atoms with E-state index in [1.807, 2.05) is 42.5 Å². The Morgan fingerprint density at radius 3 is 2.31 bits per heavy atom. The monoisotopic (exact) mass is 337 g/mol. The van der Waals surface area contributed by atoms with Crippen LogP contribution in [0.25, 0.3) is 44.7 Å². The van der Waals surface area contributed by atoms with E-state index in [2.05, 4.69) is 46.1 Å². The van der Waals surface area contributed by atoms with E-state index in [0.717, 1.165) is 33.1 Å². The van der Waals surface area contributed by atoms with Crippen molar-refractivity contribution in [2.24, 2.45) is 0 Å². The molecule has 26 heavy (non-hydrogen) atoms. The summed E-state index contributed by atoms with van der Waals surface area (Å²) in [6, 6.07) is 22.2. The maximum absolute atomic E-state index is 5.90. The van der Waals surface area contributed by atoms with Gasteiger partial charge in [0.25, 0.3) is 0 Å². The minimum Gasteiger partial charge on any atom is -0.456 e. The molecule has 124 valence electrons. The van der Waals surface area contributed by atoms with Crippen LogP contribution in [0.5, 0.6) is 0 Å². The van der Waals surface area contributed by atoms with Crippen molar-refractivity contribution in [3.8, 4) is 22.8 Å². The summed E-state index contributed by atoms with van der Waals surface area (Å²) in [6.07, 6.45) is 1.57. The summed E-state index contributed by atoms with van der Waals surface area (Å²) in [6.45, 7) is 2.06. The quantitative estimate of drug-likeness (QED) is 0.432. The van der Waals surface area contributed by atoms with Crippen LogP contribution in [0.3, 0.4) is 0 Å². The largest absolute Gasteiger partial charge is 0.456 e. The molecule has 3 aromatic carbocycles. The molecule has 0 spiro atoms. The highest BCUT2D eigenvalue weighted by Gasteiger charge is 2.10. The zero-order chi connectivity index (χ0) is 17.5. The number of hydrogen-bond acceptors (Lipinski definition) is 4. The lowest BCUT2D eigenvalue weighted by Crippen LogP contribution is -1.95. The van der Waals surface area contributed by atoms with Crippen molar-refractivity contribution in [2.75, 3.05) is 0 Å². The van der Waals surface area contributed by atoms with Gasteiger partial charge >= 0.3 is 0 Å². The van der Waals surface area contributed by atoms with Gasteiger partial charge in [0.1, 0.15) is 17.5 Å². The molecule has 0 aliphatic rings. The van der Waals surface area contributed by atoms with Crippen molar-refractivity contribution in [1.29, 1.82) is 0 Å². The summed E-state index contributed by atoms with van der Waals surface area (Å²) < 4.78 is 5.90. The predicted octanol–water partition coefficient (Wildman–Crippen LogP) is 5.41. The summed E-state index contributed by atoms with van der Waals surface area (Å²) in [4.78, 5) is 13.4. The third kappa shape index (κ3) is 2.43. The molecule has 4 nitrogen and oxygen atoms in total. The lowest BCUT2D eigenvalue weighted by atomic mass is 10.1. The zero-order valence-electron chi connectivity index (χ0n) is 14.2. The molecule has 0 atom stereocenters. The molecule has 0 saturated heterocycles. The van der Waals surface area contributed by atoms with Crippen molar-refractivity contribution in [2.45, 2.75) is 6.92 Å². The molecule has 0 unspecified atom stereocenters. The van der Waals surface area contributed by atoms with Crippen LogP contribution in [0.4, 0.5) is 0 Å². The number of benzene rings is 3. The Bertz CT molecular complexity index is 1260. The average molecular weight is 337 g/mol. The van der Waals surface area contributed by atoms with Gasteiger partial charge in [-0.3, -0.25) is 0 Å². The fraction of sp³-hybridized carbons (Fsp3) is 0.0455. The first-order chi connectivity index (χ1) is 12.8. The maximum Gasteiger partial charge on any atom is 0.163 e. The molecule has 2 heterocycles. The number of para-hydroxylation sites is 1. The average Bonchev–Trinajstić information content (AvgIpc) is 3.06. The smallest absolute Gasteiger partial charge is 0.163 e. The van der Waals surface area contributed by atoms with Crippen LogP contribution in [0.2, 0.25) is 0 Å². The summed E-state index contributed by atoms with van der Waals surface area (Å²) in [7, 11) is 0. The van der Waals surface area contributed by atoms with Crippen LogP contribution in [0, 0.1) is 6.92 Å². The first kappa shape index (κ1) is 14.8. The van der Waals surface area contributed by atoms with Gasteiger partial charge in [-0.2, -0.15) is 0 Å². The summed E-state index contributed by atoms with van der Waals surface area (Å²) in [5.41, 5.74) is 4.86. The second kappa shape index (κ2) is 5.77. The molecule has 0 N–H and O–H groups in total. The van der Waals surface area contributed by atoms with Gasteiger partial charge in [-0.25, -0.2) is 15.0 Å². The van der Waals surface area contributed by atoms with E-state index in [4.69, 9.17) is 4.42 Å². The molecule has 4 heteroatoms. The lowest BCUT2D eigenvalue weighted by molar-refractivity contribution is 0.669. The zero-order valence-corrected chi connectivity index (χ0v) is 14.2.